The van der Waals surface area contributed by atoms with Gasteiger partial charge in [-0.1, -0.05) is 27.2 Å². The molecule has 0 aromatic rings. The van der Waals surface area contributed by atoms with E-state index >= 15 is 0 Å². The summed E-state index contributed by atoms with van der Waals surface area (Å²) in [7, 11) is 0. The van der Waals surface area contributed by atoms with Crippen LogP contribution in [0.25, 0.3) is 0 Å². The molecular weight excluding hydrogens is 174 g/mol. The molecule has 0 aliphatic heterocycles. The molecule has 1 aliphatic rings. The highest BCUT2D eigenvalue weighted by Gasteiger charge is 2.20. The topological polar surface area (TPSA) is 32.3 Å². The zero-order chi connectivity index (χ0) is 10.6. The van der Waals surface area contributed by atoms with Gasteiger partial charge in [0, 0.05) is 0 Å². The molecule has 0 radical (unpaired) electrons. The van der Waals surface area contributed by atoms with Crippen LogP contribution < -0.4 is 5.32 Å². The first kappa shape index (κ1) is 12.0. The number of rotatable bonds is 3. The standard InChI is InChI=1S/C12H25NO/c1-12(2,3)9-13-8-10-5-4-6-11(14)7-10/h10-11,13-14H,4-9H2,1-3H3. The van der Waals surface area contributed by atoms with E-state index in [0.29, 0.717) is 11.3 Å². The molecule has 84 valence electrons. The highest BCUT2D eigenvalue weighted by Crippen LogP contribution is 2.23. The number of hydrogen-bond acceptors (Lipinski definition) is 2. The Kier molecular flexibility index (Phi) is 4.39. The molecule has 14 heavy (non-hydrogen) atoms. The van der Waals surface area contributed by atoms with Gasteiger partial charge >= 0.3 is 0 Å². The van der Waals surface area contributed by atoms with Crippen LogP contribution in [0, 0.1) is 11.3 Å². The molecule has 0 spiro atoms. The highest BCUT2D eigenvalue weighted by molar-refractivity contribution is 4.75. The van der Waals surface area contributed by atoms with Crippen molar-refractivity contribution in [3.8, 4) is 0 Å². The summed E-state index contributed by atoms with van der Waals surface area (Å²) in [6.45, 7) is 8.88. The predicted molar refractivity (Wildman–Crippen MR) is 60.3 cm³/mol. The first-order valence-corrected chi connectivity index (χ1v) is 5.86. The molecular formula is C12H25NO. The zero-order valence-electron chi connectivity index (χ0n) is 9.84. The Balaban J connectivity index is 2.12. The summed E-state index contributed by atoms with van der Waals surface area (Å²) in [4.78, 5) is 0. The van der Waals surface area contributed by atoms with E-state index in [1.165, 1.54) is 12.8 Å². The van der Waals surface area contributed by atoms with E-state index in [1.54, 1.807) is 0 Å². The van der Waals surface area contributed by atoms with Crippen molar-refractivity contribution in [2.24, 2.45) is 11.3 Å². The molecule has 0 heterocycles. The van der Waals surface area contributed by atoms with Gasteiger partial charge in [-0.15, -0.1) is 0 Å². The number of nitrogens with one attached hydrogen (secondary N) is 1. The van der Waals surface area contributed by atoms with Gasteiger partial charge in [0.05, 0.1) is 6.10 Å². The van der Waals surface area contributed by atoms with Gasteiger partial charge < -0.3 is 10.4 Å². The molecule has 0 bridgehead atoms. The van der Waals surface area contributed by atoms with Gasteiger partial charge in [-0.05, 0) is 43.7 Å². The minimum atomic E-state index is -0.0369. The molecule has 2 nitrogen and oxygen atoms in total. The van der Waals surface area contributed by atoms with Crippen LogP contribution >= 0.6 is 0 Å². The second-order valence-electron chi connectivity index (χ2n) is 5.88. The Bertz CT molecular complexity index is 162. The molecule has 2 N–H and O–H groups in total. The van der Waals surface area contributed by atoms with E-state index in [2.05, 4.69) is 26.1 Å². The van der Waals surface area contributed by atoms with Crippen LogP contribution in [0.3, 0.4) is 0 Å². The third-order valence-electron chi connectivity index (χ3n) is 2.84. The molecule has 1 fully saturated rings. The lowest BCUT2D eigenvalue weighted by Gasteiger charge is -2.27. The summed E-state index contributed by atoms with van der Waals surface area (Å²) in [6.07, 6.45) is 4.45. The van der Waals surface area contributed by atoms with Gasteiger partial charge in [-0.25, -0.2) is 0 Å². The number of hydrogen-bond donors (Lipinski definition) is 2. The quantitative estimate of drug-likeness (QED) is 0.730. The van der Waals surface area contributed by atoms with Crippen molar-refractivity contribution >= 4 is 0 Å². The Morgan fingerprint density at radius 2 is 2.00 bits per heavy atom. The zero-order valence-corrected chi connectivity index (χ0v) is 9.84. The van der Waals surface area contributed by atoms with Gasteiger partial charge in [-0.2, -0.15) is 0 Å². The third-order valence-corrected chi connectivity index (χ3v) is 2.84. The van der Waals surface area contributed by atoms with Crippen molar-refractivity contribution in [2.75, 3.05) is 13.1 Å². The number of aliphatic hydroxyl groups is 1. The van der Waals surface area contributed by atoms with Crippen LogP contribution in [0.5, 0.6) is 0 Å². The maximum Gasteiger partial charge on any atom is 0.0543 e. The summed E-state index contributed by atoms with van der Waals surface area (Å²) in [6, 6.07) is 0. The largest absolute Gasteiger partial charge is 0.393 e. The fourth-order valence-electron chi connectivity index (χ4n) is 2.10. The molecule has 1 aliphatic carbocycles. The lowest BCUT2D eigenvalue weighted by Crippen LogP contribution is -2.33. The van der Waals surface area contributed by atoms with Crippen LogP contribution in [0.1, 0.15) is 46.5 Å². The maximum atomic E-state index is 9.51. The van der Waals surface area contributed by atoms with E-state index in [1.807, 2.05) is 0 Å². The van der Waals surface area contributed by atoms with Crippen molar-refractivity contribution in [3.63, 3.8) is 0 Å². The Labute approximate surface area is 88.1 Å². The van der Waals surface area contributed by atoms with Crippen molar-refractivity contribution in [2.45, 2.75) is 52.6 Å². The molecule has 1 saturated carbocycles. The maximum absolute atomic E-state index is 9.51. The highest BCUT2D eigenvalue weighted by atomic mass is 16.3. The second kappa shape index (κ2) is 5.13. The molecule has 0 amide bonds. The fraction of sp³-hybridized carbons (Fsp3) is 1.00. The Morgan fingerprint density at radius 1 is 1.29 bits per heavy atom. The number of aliphatic hydroxyl groups excluding tert-OH is 1. The van der Waals surface area contributed by atoms with Gasteiger partial charge in [-0.3, -0.25) is 0 Å². The molecule has 0 aromatic heterocycles. The molecule has 2 heteroatoms. The third kappa shape index (κ3) is 4.97. The molecule has 0 aromatic carbocycles. The van der Waals surface area contributed by atoms with Gasteiger partial charge in [0.1, 0.15) is 0 Å². The van der Waals surface area contributed by atoms with E-state index in [0.717, 1.165) is 25.9 Å². The van der Waals surface area contributed by atoms with Crippen molar-refractivity contribution in [1.29, 1.82) is 0 Å². The Morgan fingerprint density at radius 3 is 2.57 bits per heavy atom. The van der Waals surface area contributed by atoms with E-state index in [-0.39, 0.29) is 6.10 Å². The summed E-state index contributed by atoms with van der Waals surface area (Å²) in [5.41, 5.74) is 0.368. The Hall–Kier alpha value is -0.0800. The average Bonchev–Trinajstić information content (AvgIpc) is 2.01. The lowest BCUT2D eigenvalue weighted by molar-refractivity contribution is 0.0999. The first-order chi connectivity index (χ1) is 6.47. The summed E-state index contributed by atoms with van der Waals surface area (Å²) >= 11 is 0. The fourth-order valence-corrected chi connectivity index (χ4v) is 2.10. The molecule has 0 saturated heterocycles. The molecule has 1 rings (SSSR count). The molecule has 2 atom stereocenters. The van der Waals surface area contributed by atoms with Crippen molar-refractivity contribution < 1.29 is 5.11 Å². The minimum Gasteiger partial charge on any atom is -0.393 e. The first-order valence-electron chi connectivity index (χ1n) is 5.86. The predicted octanol–water partition coefficient (Wildman–Crippen LogP) is 2.17. The molecule has 2 unspecified atom stereocenters. The van der Waals surface area contributed by atoms with E-state index < -0.39 is 0 Å². The monoisotopic (exact) mass is 199 g/mol. The van der Waals surface area contributed by atoms with E-state index in [9.17, 15) is 5.11 Å². The van der Waals surface area contributed by atoms with Gasteiger partial charge in [0.2, 0.25) is 0 Å². The lowest BCUT2D eigenvalue weighted by atomic mass is 9.87. The van der Waals surface area contributed by atoms with Crippen LogP contribution in [0.4, 0.5) is 0 Å². The van der Waals surface area contributed by atoms with Crippen LogP contribution in [-0.4, -0.2) is 24.3 Å². The van der Waals surface area contributed by atoms with Gasteiger partial charge in [0.25, 0.3) is 0 Å². The summed E-state index contributed by atoms with van der Waals surface area (Å²) in [5.74, 6) is 0.695. The van der Waals surface area contributed by atoms with Crippen LogP contribution in [0.2, 0.25) is 0 Å². The van der Waals surface area contributed by atoms with E-state index in [4.69, 9.17) is 0 Å². The van der Waals surface area contributed by atoms with Gasteiger partial charge in [0.15, 0.2) is 0 Å². The van der Waals surface area contributed by atoms with Crippen LogP contribution in [0.15, 0.2) is 0 Å². The minimum absolute atomic E-state index is 0.0369. The van der Waals surface area contributed by atoms with Crippen molar-refractivity contribution in [1.82, 2.24) is 5.32 Å². The second-order valence-corrected chi connectivity index (χ2v) is 5.88. The van der Waals surface area contributed by atoms with Crippen LogP contribution in [-0.2, 0) is 0 Å². The van der Waals surface area contributed by atoms with Crippen molar-refractivity contribution in [3.05, 3.63) is 0 Å². The SMILES string of the molecule is CC(C)(C)CNCC1CCCC(O)C1. The normalized spacial score (nSPS) is 29.1. The summed E-state index contributed by atoms with van der Waals surface area (Å²) < 4.78 is 0. The smallest absolute Gasteiger partial charge is 0.0543 e. The summed E-state index contributed by atoms with van der Waals surface area (Å²) in [5, 5.41) is 13.0. The average molecular weight is 199 g/mol.